The molecule has 0 aliphatic heterocycles. The number of likely N-dealkylation sites (N-methyl/N-ethyl adjacent to an activating group) is 1. The molecule has 0 rings (SSSR count). The van der Waals surface area contributed by atoms with Crippen LogP contribution in [0.3, 0.4) is 0 Å². The van der Waals surface area contributed by atoms with E-state index in [4.69, 9.17) is 0 Å². The summed E-state index contributed by atoms with van der Waals surface area (Å²) in [6, 6.07) is 0. The van der Waals surface area contributed by atoms with Crippen LogP contribution >= 0.6 is 8.58 Å². The lowest BCUT2D eigenvalue weighted by atomic mass is 10.0. The topological polar surface area (TPSA) is 37.3 Å². The molecule has 0 aliphatic carbocycles. The Hall–Kier alpha value is 0.0200. The lowest BCUT2D eigenvalue weighted by Gasteiger charge is -2.26. The first-order valence-electron chi connectivity index (χ1n) is 10.6. The Morgan fingerprint density at radius 1 is 0.800 bits per heavy atom. The van der Waals surface area contributed by atoms with Crippen LogP contribution in [0.1, 0.15) is 96.8 Å². The van der Waals surface area contributed by atoms with Gasteiger partial charge in [-0.1, -0.05) is 84.0 Å². The first-order chi connectivity index (χ1) is 11.8. The van der Waals surface area contributed by atoms with E-state index in [1.54, 1.807) is 0 Å². The second kappa shape index (κ2) is 16.2. The van der Waals surface area contributed by atoms with Crippen molar-refractivity contribution in [2.24, 2.45) is 0 Å². The van der Waals surface area contributed by atoms with Gasteiger partial charge in [-0.2, -0.15) is 0 Å². The third kappa shape index (κ3) is 20.2. The van der Waals surface area contributed by atoms with E-state index in [0.29, 0.717) is 17.4 Å². The summed E-state index contributed by atoms with van der Waals surface area (Å²) in [6.07, 6.45) is 17.9. The molecule has 0 aromatic heterocycles. The van der Waals surface area contributed by atoms with Crippen molar-refractivity contribution in [3.63, 3.8) is 0 Å². The number of hydrogen-bond acceptors (Lipinski definition) is 2. The molecule has 25 heavy (non-hydrogen) atoms. The van der Waals surface area contributed by atoms with Gasteiger partial charge in [0.1, 0.15) is 12.4 Å². The predicted octanol–water partition coefficient (Wildman–Crippen LogP) is 5.70. The highest BCUT2D eigenvalue weighted by Crippen LogP contribution is 2.23. The average molecular weight is 375 g/mol. The molecule has 0 bridgehead atoms. The summed E-state index contributed by atoms with van der Waals surface area (Å²) in [7, 11) is 6.20. The fraction of sp³-hybridized carbons (Fsp3) is 0.952. The minimum Gasteiger partial charge on any atom is -0.383 e. The lowest BCUT2D eigenvalue weighted by molar-refractivity contribution is -0.871. The van der Waals surface area contributed by atoms with Crippen LogP contribution in [-0.2, 0) is 4.79 Å². The largest absolute Gasteiger partial charge is 0.383 e. The van der Waals surface area contributed by atoms with Crippen molar-refractivity contribution < 1.29 is 14.4 Å². The number of aliphatic hydroxyl groups is 1. The van der Waals surface area contributed by atoms with Crippen LogP contribution in [0.2, 0.25) is 0 Å². The van der Waals surface area contributed by atoms with Crippen LogP contribution in [0, 0.1) is 0 Å². The zero-order valence-corrected chi connectivity index (χ0v) is 18.5. The third-order valence-electron chi connectivity index (χ3n) is 4.56. The van der Waals surface area contributed by atoms with E-state index < -0.39 is 5.85 Å². The molecule has 0 heterocycles. The van der Waals surface area contributed by atoms with E-state index in [9.17, 15) is 9.90 Å². The Bertz CT molecular complexity index is 316. The van der Waals surface area contributed by atoms with Gasteiger partial charge in [-0.05, 0) is 15.0 Å². The maximum absolute atomic E-state index is 11.9. The van der Waals surface area contributed by atoms with Gasteiger partial charge in [0.05, 0.1) is 21.1 Å². The highest BCUT2D eigenvalue weighted by molar-refractivity contribution is 7.58. The lowest BCUT2D eigenvalue weighted by Crippen LogP contribution is -2.40. The van der Waals surface area contributed by atoms with Gasteiger partial charge in [-0.15, -0.1) is 0 Å². The summed E-state index contributed by atoms with van der Waals surface area (Å²) in [4.78, 5) is 11.9. The molecule has 0 spiro atoms. The Balaban J connectivity index is 3.31. The molecule has 0 aromatic rings. The highest BCUT2D eigenvalue weighted by atomic mass is 31.1. The van der Waals surface area contributed by atoms with Gasteiger partial charge in [-0.25, -0.2) is 0 Å². The summed E-state index contributed by atoms with van der Waals surface area (Å²) >= 11 is 0. The maximum atomic E-state index is 11.9. The number of carbonyl (C=O) groups is 1. The molecule has 0 fully saturated rings. The number of hydrogen-bond donors (Lipinski definition) is 1. The molecule has 0 saturated heterocycles. The van der Waals surface area contributed by atoms with Gasteiger partial charge in [0.2, 0.25) is 0 Å². The van der Waals surface area contributed by atoms with Crippen LogP contribution < -0.4 is 0 Å². The molecule has 2 unspecified atom stereocenters. The summed E-state index contributed by atoms with van der Waals surface area (Å²) in [5.74, 6) is -0.463. The van der Waals surface area contributed by atoms with Crippen molar-refractivity contribution in [3.8, 4) is 0 Å². The molecule has 0 aliphatic rings. The van der Waals surface area contributed by atoms with Crippen LogP contribution in [-0.4, -0.2) is 48.6 Å². The van der Waals surface area contributed by atoms with Crippen molar-refractivity contribution in [1.82, 2.24) is 0 Å². The molecular formula is C21H45NO2P+. The van der Waals surface area contributed by atoms with Crippen molar-refractivity contribution in [1.29, 1.82) is 0 Å². The molecule has 3 nitrogen and oxygen atoms in total. The van der Waals surface area contributed by atoms with Gasteiger partial charge in [0.15, 0.2) is 5.52 Å². The van der Waals surface area contributed by atoms with E-state index in [1.807, 2.05) is 21.1 Å². The SMILES string of the molecule is CCCCCCCCCCCCCCCC(=O)PC(O)C[N+](C)(C)C. The fourth-order valence-corrected chi connectivity index (χ4v) is 4.46. The number of quaternary nitrogens is 1. The van der Waals surface area contributed by atoms with Gasteiger partial charge >= 0.3 is 0 Å². The number of aliphatic hydroxyl groups excluding tert-OH is 1. The normalized spacial score (nSPS) is 13.6. The molecule has 150 valence electrons. The summed E-state index contributed by atoms with van der Waals surface area (Å²) in [5, 5.41) is 9.93. The minimum atomic E-state index is -0.463. The van der Waals surface area contributed by atoms with Crippen molar-refractivity contribution in [3.05, 3.63) is 0 Å². The average Bonchev–Trinajstić information content (AvgIpc) is 2.49. The zero-order chi connectivity index (χ0) is 19.0. The van der Waals surface area contributed by atoms with Gasteiger partial charge in [0, 0.05) is 6.42 Å². The zero-order valence-electron chi connectivity index (χ0n) is 17.5. The first-order valence-corrected chi connectivity index (χ1v) is 11.7. The smallest absolute Gasteiger partial charge is 0.154 e. The summed E-state index contributed by atoms with van der Waals surface area (Å²) in [5.41, 5.74) is 0.254. The third-order valence-corrected chi connectivity index (χ3v) is 5.64. The van der Waals surface area contributed by atoms with Crippen LogP contribution in [0.4, 0.5) is 0 Å². The van der Waals surface area contributed by atoms with Crippen molar-refractivity contribution >= 4 is 14.1 Å². The van der Waals surface area contributed by atoms with Crippen LogP contribution in [0.5, 0.6) is 0 Å². The molecular weight excluding hydrogens is 329 g/mol. The standard InChI is InChI=1S/C21H45NO2P/c1-5-6-7-8-9-10-11-12-13-14-15-16-17-18-20(23)25-21(24)19-22(2,3)4/h21,24-25H,5-19H2,1-4H3/q+1. The van der Waals surface area contributed by atoms with Gasteiger partial charge in [-0.3, -0.25) is 4.79 Å². The highest BCUT2D eigenvalue weighted by Gasteiger charge is 2.18. The van der Waals surface area contributed by atoms with Gasteiger partial charge in [0.25, 0.3) is 0 Å². The molecule has 2 atom stereocenters. The van der Waals surface area contributed by atoms with Crippen LogP contribution in [0.15, 0.2) is 0 Å². The molecule has 1 N–H and O–H groups in total. The molecule has 0 amide bonds. The van der Waals surface area contributed by atoms with E-state index in [1.165, 1.54) is 77.0 Å². The number of unbranched alkanes of at least 4 members (excludes halogenated alkanes) is 12. The Kier molecular flexibility index (Phi) is 16.2. The summed E-state index contributed by atoms with van der Waals surface area (Å²) < 4.78 is 0.709. The van der Waals surface area contributed by atoms with Gasteiger partial charge < -0.3 is 9.59 Å². The monoisotopic (exact) mass is 374 g/mol. The van der Waals surface area contributed by atoms with E-state index >= 15 is 0 Å². The maximum Gasteiger partial charge on any atom is 0.154 e. The second-order valence-corrected chi connectivity index (χ2v) is 10.1. The van der Waals surface area contributed by atoms with Crippen molar-refractivity contribution in [2.45, 2.75) is 103 Å². The Labute approximate surface area is 159 Å². The fourth-order valence-electron chi connectivity index (χ4n) is 3.13. The summed E-state index contributed by atoms with van der Waals surface area (Å²) in [6.45, 7) is 2.93. The Morgan fingerprint density at radius 2 is 1.20 bits per heavy atom. The number of nitrogens with zero attached hydrogens (tertiary/aromatic N) is 1. The Morgan fingerprint density at radius 3 is 1.60 bits per heavy atom. The van der Waals surface area contributed by atoms with Crippen molar-refractivity contribution in [2.75, 3.05) is 27.7 Å². The first kappa shape index (κ1) is 25.0. The number of rotatable bonds is 18. The van der Waals surface area contributed by atoms with E-state index in [0.717, 1.165) is 6.42 Å². The molecule has 4 heteroatoms. The van der Waals surface area contributed by atoms with E-state index in [-0.39, 0.29) is 14.1 Å². The molecule has 0 radical (unpaired) electrons. The number of carbonyl (C=O) groups excluding carboxylic acids is 1. The minimum absolute atomic E-state index is 0.0656. The quantitative estimate of drug-likeness (QED) is 0.190. The predicted molar refractivity (Wildman–Crippen MR) is 113 cm³/mol. The molecule has 0 aromatic carbocycles. The second-order valence-electron chi connectivity index (χ2n) is 8.55. The molecule has 0 saturated carbocycles. The van der Waals surface area contributed by atoms with Crippen LogP contribution in [0.25, 0.3) is 0 Å². The van der Waals surface area contributed by atoms with E-state index in [2.05, 4.69) is 6.92 Å².